The Hall–Kier alpha value is -1.89. The third-order valence-electron chi connectivity index (χ3n) is 6.99. The summed E-state index contributed by atoms with van der Waals surface area (Å²) in [5.41, 5.74) is 0. The molecular weight excluding hydrogens is 398 g/mol. The number of rotatable bonds is 5. The lowest BCUT2D eigenvalue weighted by atomic mass is 9.87. The maximum atomic E-state index is 13.4. The third kappa shape index (κ3) is 4.88. The zero-order valence-corrected chi connectivity index (χ0v) is 18.5. The van der Waals surface area contributed by atoms with Crippen LogP contribution < -0.4 is 5.32 Å². The maximum Gasteiger partial charge on any atom is 0.262 e. The van der Waals surface area contributed by atoms with Gasteiger partial charge in [-0.3, -0.25) is 14.4 Å². The van der Waals surface area contributed by atoms with Crippen LogP contribution in [0.15, 0.2) is 17.5 Å². The Balaban J connectivity index is 1.41. The number of likely N-dealkylation sites (tertiary alicyclic amines) is 2. The second-order valence-corrected chi connectivity index (χ2v) is 9.91. The first-order chi connectivity index (χ1) is 14.6. The number of hydrogen-bond donors (Lipinski definition) is 1. The fraction of sp³-hybridized carbons (Fsp3) is 0.696. The molecule has 3 heterocycles. The fourth-order valence-corrected chi connectivity index (χ4v) is 5.82. The number of thiophene rings is 1. The van der Waals surface area contributed by atoms with Gasteiger partial charge in [0.15, 0.2) is 0 Å². The number of nitrogens with zero attached hydrogens (tertiary/aromatic N) is 2. The van der Waals surface area contributed by atoms with E-state index in [0.29, 0.717) is 23.9 Å². The topological polar surface area (TPSA) is 69.7 Å². The summed E-state index contributed by atoms with van der Waals surface area (Å²) < 4.78 is 0. The molecule has 0 bridgehead atoms. The van der Waals surface area contributed by atoms with Crippen molar-refractivity contribution in [2.75, 3.05) is 26.2 Å². The minimum atomic E-state index is -0.499. The molecule has 0 aromatic carbocycles. The van der Waals surface area contributed by atoms with Crippen LogP contribution in [0.3, 0.4) is 0 Å². The highest BCUT2D eigenvalue weighted by atomic mass is 32.1. The molecule has 3 aliphatic rings. The molecule has 0 unspecified atom stereocenters. The second-order valence-electron chi connectivity index (χ2n) is 8.96. The predicted octanol–water partition coefficient (Wildman–Crippen LogP) is 3.29. The quantitative estimate of drug-likeness (QED) is 0.778. The van der Waals surface area contributed by atoms with Crippen LogP contribution >= 0.6 is 11.3 Å². The molecule has 1 saturated carbocycles. The van der Waals surface area contributed by atoms with Gasteiger partial charge in [-0.25, -0.2) is 0 Å². The van der Waals surface area contributed by atoms with E-state index < -0.39 is 6.04 Å². The molecule has 164 valence electrons. The third-order valence-corrected chi connectivity index (χ3v) is 7.86. The number of nitrogens with one attached hydrogen (secondary N) is 1. The van der Waals surface area contributed by atoms with Crippen molar-refractivity contribution >= 4 is 29.1 Å². The van der Waals surface area contributed by atoms with Crippen molar-refractivity contribution in [2.24, 2.45) is 11.8 Å². The molecule has 3 amide bonds. The standard InChI is InChI=1S/C23H33N3O3S/c27-21(19-9-6-16-30-19)24-20(23(29)25-12-4-1-5-13-25)17-10-14-26(15-11-17)22(28)18-7-2-3-8-18/h6,9,16-18,20H,1-5,7-8,10-15H2,(H,24,27)/t20-/m0/s1. The van der Waals surface area contributed by atoms with Crippen molar-refractivity contribution in [3.05, 3.63) is 22.4 Å². The molecule has 1 aromatic heterocycles. The molecule has 7 heteroatoms. The molecule has 1 atom stereocenters. The zero-order valence-electron chi connectivity index (χ0n) is 17.7. The summed E-state index contributed by atoms with van der Waals surface area (Å²) in [6.07, 6.45) is 9.13. The van der Waals surface area contributed by atoms with E-state index in [4.69, 9.17) is 0 Å². The highest BCUT2D eigenvalue weighted by molar-refractivity contribution is 7.12. The number of piperidine rings is 2. The lowest BCUT2D eigenvalue weighted by Gasteiger charge is -2.39. The van der Waals surface area contributed by atoms with Crippen LogP contribution in [-0.4, -0.2) is 59.7 Å². The van der Waals surface area contributed by atoms with Gasteiger partial charge in [0.05, 0.1) is 4.88 Å². The van der Waals surface area contributed by atoms with Gasteiger partial charge < -0.3 is 15.1 Å². The highest BCUT2D eigenvalue weighted by Crippen LogP contribution is 2.30. The van der Waals surface area contributed by atoms with Gasteiger partial charge >= 0.3 is 0 Å². The van der Waals surface area contributed by atoms with Crippen LogP contribution in [0.2, 0.25) is 0 Å². The van der Waals surface area contributed by atoms with E-state index in [2.05, 4.69) is 5.32 Å². The Morgan fingerprint density at radius 1 is 0.900 bits per heavy atom. The number of hydrogen-bond acceptors (Lipinski definition) is 4. The van der Waals surface area contributed by atoms with E-state index >= 15 is 0 Å². The van der Waals surface area contributed by atoms with Crippen molar-refractivity contribution in [3.8, 4) is 0 Å². The van der Waals surface area contributed by atoms with Gasteiger partial charge in [0.1, 0.15) is 6.04 Å². The molecular formula is C23H33N3O3S. The van der Waals surface area contributed by atoms with Crippen LogP contribution in [0.25, 0.3) is 0 Å². The molecule has 1 N–H and O–H groups in total. The molecule has 1 aliphatic carbocycles. The van der Waals surface area contributed by atoms with Crippen LogP contribution in [-0.2, 0) is 9.59 Å². The molecule has 1 aromatic rings. The van der Waals surface area contributed by atoms with Crippen molar-refractivity contribution in [1.29, 1.82) is 0 Å². The molecule has 4 rings (SSSR count). The molecule has 2 aliphatic heterocycles. The van der Waals surface area contributed by atoms with Gasteiger partial charge in [0, 0.05) is 32.1 Å². The highest BCUT2D eigenvalue weighted by Gasteiger charge is 2.37. The first kappa shape index (κ1) is 21.3. The molecule has 6 nitrogen and oxygen atoms in total. The van der Waals surface area contributed by atoms with E-state index in [1.165, 1.54) is 11.3 Å². The lowest BCUT2D eigenvalue weighted by Crippen LogP contribution is -2.55. The van der Waals surface area contributed by atoms with Crippen LogP contribution in [0.5, 0.6) is 0 Å². The Morgan fingerprint density at radius 3 is 2.23 bits per heavy atom. The van der Waals surface area contributed by atoms with Gasteiger partial charge in [0.2, 0.25) is 11.8 Å². The molecule has 0 radical (unpaired) electrons. The van der Waals surface area contributed by atoms with Crippen LogP contribution in [0.1, 0.15) is 67.5 Å². The smallest absolute Gasteiger partial charge is 0.262 e. The molecule has 2 saturated heterocycles. The average Bonchev–Trinajstić information content (AvgIpc) is 3.52. The largest absolute Gasteiger partial charge is 0.342 e. The Labute approximate surface area is 183 Å². The summed E-state index contributed by atoms with van der Waals surface area (Å²) in [7, 11) is 0. The summed E-state index contributed by atoms with van der Waals surface area (Å²) in [4.78, 5) is 43.5. The summed E-state index contributed by atoms with van der Waals surface area (Å²) in [5.74, 6) is 0.472. The number of amides is 3. The van der Waals surface area contributed by atoms with Gasteiger partial charge in [-0.2, -0.15) is 0 Å². The zero-order chi connectivity index (χ0) is 20.9. The van der Waals surface area contributed by atoms with Crippen LogP contribution in [0, 0.1) is 11.8 Å². The van der Waals surface area contributed by atoms with Crippen molar-refractivity contribution < 1.29 is 14.4 Å². The van der Waals surface area contributed by atoms with Crippen molar-refractivity contribution in [1.82, 2.24) is 15.1 Å². The van der Waals surface area contributed by atoms with Crippen LogP contribution in [0.4, 0.5) is 0 Å². The predicted molar refractivity (Wildman–Crippen MR) is 117 cm³/mol. The van der Waals surface area contributed by atoms with E-state index in [0.717, 1.165) is 70.9 Å². The summed E-state index contributed by atoms with van der Waals surface area (Å²) in [6.45, 7) is 2.95. The normalized spacial score (nSPS) is 22.1. The summed E-state index contributed by atoms with van der Waals surface area (Å²) in [5, 5.41) is 4.94. The summed E-state index contributed by atoms with van der Waals surface area (Å²) in [6, 6.07) is 3.15. The summed E-state index contributed by atoms with van der Waals surface area (Å²) >= 11 is 1.40. The van der Waals surface area contributed by atoms with Gasteiger partial charge in [0.25, 0.3) is 5.91 Å². The van der Waals surface area contributed by atoms with E-state index in [-0.39, 0.29) is 23.7 Å². The molecule has 3 fully saturated rings. The average molecular weight is 432 g/mol. The van der Waals surface area contributed by atoms with Crippen molar-refractivity contribution in [3.63, 3.8) is 0 Å². The van der Waals surface area contributed by atoms with Crippen molar-refractivity contribution in [2.45, 2.75) is 63.8 Å². The number of carbonyl (C=O) groups is 3. The molecule has 0 spiro atoms. The van der Waals surface area contributed by atoms with E-state index in [1.54, 1.807) is 6.07 Å². The minimum absolute atomic E-state index is 0.0557. The van der Waals surface area contributed by atoms with Gasteiger partial charge in [-0.1, -0.05) is 18.9 Å². The fourth-order valence-electron chi connectivity index (χ4n) is 5.20. The molecule has 30 heavy (non-hydrogen) atoms. The van der Waals surface area contributed by atoms with E-state index in [9.17, 15) is 14.4 Å². The monoisotopic (exact) mass is 431 g/mol. The Morgan fingerprint density at radius 2 is 1.60 bits per heavy atom. The second kappa shape index (κ2) is 9.94. The Kier molecular flexibility index (Phi) is 7.08. The first-order valence-corrected chi connectivity index (χ1v) is 12.4. The van der Waals surface area contributed by atoms with E-state index in [1.807, 2.05) is 21.2 Å². The lowest BCUT2D eigenvalue weighted by molar-refractivity contribution is -0.138. The first-order valence-electron chi connectivity index (χ1n) is 11.6. The van der Waals surface area contributed by atoms with Gasteiger partial charge in [-0.15, -0.1) is 11.3 Å². The minimum Gasteiger partial charge on any atom is -0.342 e. The SMILES string of the molecule is O=C(N[C@H](C(=O)N1CCCCC1)C1CCN(C(=O)C2CCCC2)CC1)c1cccs1. The Bertz CT molecular complexity index is 731. The maximum absolute atomic E-state index is 13.4. The number of carbonyl (C=O) groups excluding carboxylic acids is 3. The van der Waals surface area contributed by atoms with Gasteiger partial charge in [-0.05, 0) is 62.3 Å².